The van der Waals surface area contributed by atoms with E-state index < -0.39 is 8.80 Å². The Balaban J connectivity index is 3.00. The summed E-state index contributed by atoms with van der Waals surface area (Å²) in [5.41, 5.74) is 0. The molecule has 0 radical (unpaired) electrons. The Bertz CT molecular complexity index is 112. The van der Waals surface area contributed by atoms with Crippen LogP contribution in [0.2, 0.25) is 6.04 Å². The zero-order chi connectivity index (χ0) is 10.2. The van der Waals surface area contributed by atoms with Gasteiger partial charge in [-0.15, -0.1) is 0 Å². The van der Waals surface area contributed by atoms with Gasteiger partial charge in [0.2, 0.25) is 0 Å². The van der Waals surface area contributed by atoms with Gasteiger partial charge in [0, 0.05) is 6.04 Å². The molecule has 13 heavy (non-hydrogen) atoms. The second kappa shape index (κ2) is 7.50. The highest BCUT2D eigenvalue weighted by Crippen LogP contribution is 2.11. The van der Waals surface area contributed by atoms with Crippen molar-refractivity contribution in [1.82, 2.24) is 0 Å². The minimum Gasteiger partial charge on any atom is -0.390 e. The quantitative estimate of drug-likeness (QED) is 0.418. The van der Waals surface area contributed by atoms with Crippen LogP contribution >= 0.6 is 0 Å². The van der Waals surface area contributed by atoms with Crippen LogP contribution in [0, 0.1) is 0 Å². The van der Waals surface area contributed by atoms with E-state index in [2.05, 4.69) is 6.92 Å². The molecule has 0 saturated carbocycles. The largest absolute Gasteiger partial charge is 0.492 e. The molecule has 0 aliphatic rings. The first-order valence-electron chi connectivity index (χ1n) is 5.23. The predicted octanol–water partition coefficient (Wildman–Crippen LogP) is 1.65. The average Bonchev–Trinajstić information content (AvgIpc) is 2.01. The van der Waals surface area contributed by atoms with E-state index >= 15 is 0 Å². The molecular weight excluding hydrogens is 184 g/mol. The van der Waals surface area contributed by atoms with Gasteiger partial charge in [-0.2, -0.15) is 0 Å². The van der Waals surface area contributed by atoms with Gasteiger partial charge in [-0.05, 0) is 6.42 Å². The summed E-state index contributed by atoms with van der Waals surface area (Å²) in [5.74, 6) is 0. The molecule has 0 aromatic carbocycles. The van der Waals surface area contributed by atoms with E-state index in [4.69, 9.17) is 14.4 Å². The van der Waals surface area contributed by atoms with Crippen LogP contribution < -0.4 is 0 Å². The Labute approximate surface area is 81.8 Å². The summed E-state index contributed by atoms with van der Waals surface area (Å²) in [6, 6.07) is 0.195. The van der Waals surface area contributed by atoms with Crippen molar-refractivity contribution in [1.29, 1.82) is 0 Å². The van der Waals surface area contributed by atoms with Gasteiger partial charge in [-0.3, -0.25) is 0 Å². The fraction of sp³-hybridized carbons (Fsp3) is 1.00. The molecule has 4 heteroatoms. The maximum atomic E-state index is 8.71. The van der Waals surface area contributed by atoms with Gasteiger partial charge in [-0.25, -0.2) is 0 Å². The third-order valence-corrected chi connectivity index (χ3v) is 3.14. The molecule has 0 aliphatic heterocycles. The fourth-order valence-corrected chi connectivity index (χ4v) is 2.04. The number of hydrogen-bond acceptors (Lipinski definition) is 3. The van der Waals surface area contributed by atoms with Crippen LogP contribution in [0.3, 0.4) is 0 Å². The predicted molar refractivity (Wildman–Crippen MR) is 55.2 cm³/mol. The molecule has 0 rings (SSSR count). The van der Waals surface area contributed by atoms with E-state index in [-0.39, 0.29) is 6.04 Å². The molecule has 0 aliphatic carbocycles. The summed E-state index contributed by atoms with van der Waals surface area (Å²) < 4.78 is 0. The molecule has 0 aromatic heterocycles. The summed E-state index contributed by atoms with van der Waals surface area (Å²) >= 11 is 0. The third kappa shape index (κ3) is 12.1. The van der Waals surface area contributed by atoms with E-state index in [1.54, 1.807) is 0 Å². The van der Waals surface area contributed by atoms with Crippen molar-refractivity contribution < 1.29 is 14.4 Å². The molecule has 0 atom stereocenters. The lowest BCUT2D eigenvalue weighted by Crippen LogP contribution is -2.33. The number of rotatable bonds is 8. The van der Waals surface area contributed by atoms with E-state index in [1.165, 1.54) is 25.7 Å². The summed E-state index contributed by atoms with van der Waals surface area (Å²) in [4.78, 5) is 26.1. The van der Waals surface area contributed by atoms with Crippen molar-refractivity contribution in [2.75, 3.05) is 0 Å². The van der Waals surface area contributed by atoms with Crippen LogP contribution in [0.1, 0.15) is 51.9 Å². The summed E-state index contributed by atoms with van der Waals surface area (Å²) in [5, 5.41) is 0. The van der Waals surface area contributed by atoms with E-state index in [0.29, 0.717) is 0 Å². The Morgan fingerprint density at radius 2 is 1.23 bits per heavy atom. The van der Waals surface area contributed by atoms with Gasteiger partial charge in [0.25, 0.3) is 0 Å². The topological polar surface area (TPSA) is 60.7 Å². The number of hydrogen-bond donors (Lipinski definition) is 3. The maximum absolute atomic E-state index is 8.71. The Hall–Kier alpha value is 0.0969. The van der Waals surface area contributed by atoms with Crippen LogP contribution in [-0.4, -0.2) is 23.2 Å². The highest BCUT2D eigenvalue weighted by Gasteiger charge is 2.25. The first-order chi connectivity index (χ1) is 6.06. The van der Waals surface area contributed by atoms with Crippen LogP contribution in [0.4, 0.5) is 0 Å². The van der Waals surface area contributed by atoms with Crippen molar-refractivity contribution in [3.05, 3.63) is 0 Å². The molecule has 0 spiro atoms. The summed E-state index contributed by atoms with van der Waals surface area (Å²) in [6.45, 7) is 2.18. The zero-order valence-electron chi connectivity index (χ0n) is 8.50. The molecule has 0 fully saturated rings. The molecule has 0 aromatic rings. The smallest absolute Gasteiger partial charge is 0.390 e. The van der Waals surface area contributed by atoms with Gasteiger partial charge in [0.15, 0.2) is 0 Å². The van der Waals surface area contributed by atoms with Crippen molar-refractivity contribution >= 4 is 8.80 Å². The van der Waals surface area contributed by atoms with E-state index in [1.807, 2.05) is 0 Å². The molecule has 80 valence electrons. The minimum atomic E-state index is -3.73. The standard InChI is InChI=1S/C9H22O3Si/c1-2-3-4-5-6-7-8-9-13(10,11)12/h10-12H,2-9H2,1H3. The first kappa shape index (κ1) is 13.1. The lowest BCUT2D eigenvalue weighted by Gasteiger charge is -2.08. The van der Waals surface area contributed by atoms with Crippen molar-refractivity contribution in [3.8, 4) is 0 Å². The average molecular weight is 206 g/mol. The normalized spacial score (nSPS) is 12.0. The molecule has 3 N–H and O–H groups in total. The van der Waals surface area contributed by atoms with E-state index in [0.717, 1.165) is 19.3 Å². The van der Waals surface area contributed by atoms with Crippen LogP contribution in [0.15, 0.2) is 0 Å². The van der Waals surface area contributed by atoms with Gasteiger partial charge in [0.1, 0.15) is 0 Å². The molecule has 0 amide bonds. The third-order valence-electron chi connectivity index (χ3n) is 2.12. The second-order valence-corrected chi connectivity index (χ2v) is 5.69. The molecule has 0 heterocycles. The SMILES string of the molecule is CCCCCCCCC[Si](O)(O)O. The zero-order valence-corrected chi connectivity index (χ0v) is 9.50. The Kier molecular flexibility index (Phi) is 7.55. The fourth-order valence-electron chi connectivity index (χ4n) is 1.32. The highest BCUT2D eigenvalue weighted by molar-refractivity contribution is 6.56. The van der Waals surface area contributed by atoms with Crippen molar-refractivity contribution in [2.45, 2.75) is 57.9 Å². The molecule has 0 bridgehead atoms. The van der Waals surface area contributed by atoms with Crippen LogP contribution in [-0.2, 0) is 0 Å². The molecule has 0 unspecified atom stereocenters. The van der Waals surface area contributed by atoms with Gasteiger partial charge >= 0.3 is 8.80 Å². The monoisotopic (exact) mass is 206 g/mol. The maximum Gasteiger partial charge on any atom is 0.492 e. The van der Waals surface area contributed by atoms with Crippen molar-refractivity contribution in [3.63, 3.8) is 0 Å². The van der Waals surface area contributed by atoms with Gasteiger partial charge in [-0.1, -0.05) is 45.4 Å². The Morgan fingerprint density at radius 1 is 0.769 bits per heavy atom. The van der Waals surface area contributed by atoms with Crippen LogP contribution in [0.25, 0.3) is 0 Å². The Morgan fingerprint density at radius 3 is 1.69 bits per heavy atom. The summed E-state index contributed by atoms with van der Waals surface area (Å²) in [6.07, 6.45) is 7.92. The molecule has 0 saturated heterocycles. The van der Waals surface area contributed by atoms with Crippen LogP contribution in [0.5, 0.6) is 0 Å². The minimum absolute atomic E-state index is 0.195. The lowest BCUT2D eigenvalue weighted by molar-refractivity contribution is 0.226. The molecular formula is C9H22O3Si. The molecule has 3 nitrogen and oxygen atoms in total. The van der Waals surface area contributed by atoms with Gasteiger partial charge < -0.3 is 14.4 Å². The van der Waals surface area contributed by atoms with Crippen molar-refractivity contribution in [2.24, 2.45) is 0 Å². The van der Waals surface area contributed by atoms with Gasteiger partial charge in [0.05, 0.1) is 0 Å². The summed E-state index contributed by atoms with van der Waals surface area (Å²) in [7, 11) is -3.73. The number of unbranched alkanes of at least 4 members (excludes halogenated alkanes) is 6. The lowest BCUT2D eigenvalue weighted by atomic mass is 10.1. The van der Waals surface area contributed by atoms with E-state index in [9.17, 15) is 0 Å². The second-order valence-electron chi connectivity index (χ2n) is 3.65. The highest BCUT2D eigenvalue weighted by atomic mass is 28.4. The first-order valence-corrected chi connectivity index (χ1v) is 7.28.